The molecule has 1 saturated heterocycles. The first kappa shape index (κ1) is 39.3. The van der Waals surface area contributed by atoms with E-state index < -0.39 is 5.82 Å². The highest BCUT2D eigenvalue weighted by Gasteiger charge is 2.15. The Labute approximate surface area is 315 Å². The number of aromatic nitrogens is 3. The molecule has 1 atom stereocenters. The topological polar surface area (TPSA) is 141 Å². The van der Waals surface area contributed by atoms with Crippen LogP contribution in [0.2, 0.25) is 0 Å². The number of carbonyl (C=O) groups is 1. The Hall–Kier alpha value is -5.90. The fourth-order valence-corrected chi connectivity index (χ4v) is 5.82. The van der Waals surface area contributed by atoms with Crippen molar-refractivity contribution >= 4 is 46.7 Å². The van der Waals surface area contributed by atoms with E-state index >= 15 is 0 Å². The molecule has 11 nitrogen and oxygen atoms in total. The van der Waals surface area contributed by atoms with Gasteiger partial charge in [-0.25, -0.2) is 9.37 Å². The summed E-state index contributed by atoms with van der Waals surface area (Å²) in [6.07, 6.45) is 6.51. The zero-order valence-electron chi connectivity index (χ0n) is 31.1. The molecule has 0 radical (unpaired) electrons. The van der Waals surface area contributed by atoms with Crippen molar-refractivity contribution in [2.75, 3.05) is 43.4 Å². The number of aliphatic imine (C=N–C) groups is 1. The molecule has 0 saturated carbocycles. The second kappa shape index (κ2) is 19.8. The summed E-state index contributed by atoms with van der Waals surface area (Å²) in [5, 5.41) is 23.1. The molecule has 3 aromatic carbocycles. The Morgan fingerprint density at radius 3 is 2.69 bits per heavy atom. The molecule has 3 N–H and O–H groups in total. The number of H-pyrrole nitrogens is 1. The molecule has 1 amide bonds. The highest BCUT2D eigenvalue weighted by molar-refractivity contribution is 5.87. The van der Waals surface area contributed by atoms with Crippen LogP contribution in [0, 0.1) is 24.1 Å². The molecule has 2 aliphatic heterocycles. The number of carbonyl (C=O) groups excluding carboxylic acids is 1. The summed E-state index contributed by atoms with van der Waals surface area (Å²) in [6, 6.07) is 23.7. The van der Waals surface area contributed by atoms with Crippen LogP contribution in [0.1, 0.15) is 54.8 Å². The average Bonchev–Trinajstić information content (AvgIpc) is 3.60. The zero-order valence-corrected chi connectivity index (χ0v) is 31.1. The number of nitrogens with one attached hydrogen (secondary N) is 3. The summed E-state index contributed by atoms with van der Waals surface area (Å²) in [4.78, 5) is 21.4. The number of benzene rings is 3. The minimum atomic E-state index is -0.455. The lowest BCUT2D eigenvalue weighted by atomic mass is 10.0. The summed E-state index contributed by atoms with van der Waals surface area (Å²) in [5.41, 5.74) is 8.59. The van der Waals surface area contributed by atoms with Crippen LogP contribution in [-0.4, -0.2) is 72.1 Å². The van der Waals surface area contributed by atoms with Gasteiger partial charge in [0, 0.05) is 61.2 Å². The van der Waals surface area contributed by atoms with Gasteiger partial charge in [-0.05, 0) is 99.5 Å². The number of aryl methyl sites for hydroxylation is 2. The minimum absolute atomic E-state index is 0.0535. The second-order valence-electron chi connectivity index (χ2n) is 13.0. The van der Waals surface area contributed by atoms with Gasteiger partial charge in [0.1, 0.15) is 12.4 Å². The Bertz CT molecular complexity index is 2100. The van der Waals surface area contributed by atoms with Gasteiger partial charge in [-0.3, -0.25) is 19.8 Å². The van der Waals surface area contributed by atoms with Crippen LogP contribution in [0.15, 0.2) is 83.9 Å². The first-order chi connectivity index (χ1) is 26.3. The van der Waals surface area contributed by atoms with Crippen LogP contribution < -0.4 is 15.4 Å². The highest BCUT2D eigenvalue weighted by atomic mass is 19.1. The van der Waals surface area contributed by atoms with E-state index in [-0.39, 0.29) is 12.2 Å². The number of anilines is 2. The maximum atomic E-state index is 14.1. The lowest BCUT2D eigenvalue weighted by Crippen LogP contribution is -2.32. The van der Waals surface area contributed by atoms with Crippen molar-refractivity contribution in [1.29, 1.82) is 5.26 Å². The van der Waals surface area contributed by atoms with E-state index in [0.29, 0.717) is 24.0 Å². The first-order valence-corrected chi connectivity index (χ1v) is 18.1. The molecule has 2 aromatic heterocycles. The smallest absolute Gasteiger partial charge is 0.214 e. The molecular formula is C42H47FN8O3. The summed E-state index contributed by atoms with van der Waals surface area (Å²) in [7, 11) is 0. The number of hydrogen-bond donors (Lipinski definition) is 3. The Kier molecular flexibility index (Phi) is 14.4. The van der Waals surface area contributed by atoms with Crippen LogP contribution in [0.4, 0.5) is 21.5 Å². The lowest BCUT2D eigenvalue weighted by molar-refractivity contribution is -0.105. The minimum Gasteiger partial charge on any atom is -0.473 e. The van der Waals surface area contributed by atoms with Crippen LogP contribution in [-0.2, 0) is 22.6 Å². The van der Waals surface area contributed by atoms with E-state index in [0.717, 1.165) is 90.5 Å². The van der Waals surface area contributed by atoms with Gasteiger partial charge in [-0.15, -0.1) is 0 Å². The summed E-state index contributed by atoms with van der Waals surface area (Å²) in [5.74, 6) is -0.00680. The zero-order chi connectivity index (χ0) is 38.3. The number of pyridine rings is 1. The van der Waals surface area contributed by atoms with Crippen molar-refractivity contribution < 1.29 is 18.7 Å². The average molecular weight is 731 g/mol. The van der Waals surface area contributed by atoms with Crippen LogP contribution in [0.25, 0.3) is 16.5 Å². The molecule has 2 aliphatic rings. The van der Waals surface area contributed by atoms with E-state index in [1.807, 2.05) is 55.5 Å². The van der Waals surface area contributed by atoms with Gasteiger partial charge >= 0.3 is 0 Å². The van der Waals surface area contributed by atoms with Gasteiger partial charge in [0.25, 0.3) is 0 Å². The van der Waals surface area contributed by atoms with Crippen molar-refractivity contribution in [3.05, 3.63) is 113 Å². The molecule has 0 spiro atoms. The SMILES string of the molecule is C=Nc1cc(C)ccc1NCCN1CC=C(c2cccc(OCc3ccc(C#N)cc3F)n2)CC1.CCc1[nH]nc2ccc(NC=O)cc12.C[C@@H]1CCO1. The number of halogens is 1. The Balaban J connectivity index is 0.000000239. The maximum Gasteiger partial charge on any atom is 0.214 e. The molecule has 0 aliphatic carbocycles. The summed E-state index contributed by atoms with van der Waals surface area (Å²) < 4.78 is 24.8. The molecule has 1 fully saturated rings. The molecule has 280 valence electrons. The van der Waals surface area contributed by atoms with Crippen molar-refractivity contribution in [3.63, 3.8) is 0 Å². The number of rotatable bonds is 12. The van der Waals surface area contributed by atoms with Crippen LogP contribution >= 0.6 is 0 Å². The fourth-order valence-electron chi connectivity index (χ4n) is 5.82. The van der Waals surface area contributed by atoms with E-state index in [1.54, 1.807) is 18.2 Å². The van der Waals surface area contributed by atoms with E-state index in [4.69, 9.17) is 14.7 Å². The summed E-state index contributed by atoms with van der Waals surface area (Å²) >= 11 is 0. The Morgan fingerprint density at radius 1 is 1.19 bits per heavy atom. The molecular weight excluding hydrogens is 684 g/mol. The lowest BCUT2D eigenvalue weighted by Gasteiger charge is -2.26. The van der Waals surface area contributed by atoms with Gasteiger partial charge in [-0.2, -0.15) is 10.4 Å². The number of nitriles is 1. The van der Waals surface area contributed by atoms with E-state index in [9.17, 15) is 9.18 Å². The highest BCUT2D eigenvalue weighted by Crippen LogP contribution is 2.26. The number of nitrogens with zero attached hydrogens (tertiary/aromatic N) is 5. The molecule has 5 aromatic rings. The number of aromatic amines is 1. The third-order valence-corrected chi connectivity index (χ3v) is 9.11. The van der Waals surface area contributed by atoms with Gasteiger partial charge in [-0.1, -0.05) is 31.2 Å². The molecule has 0 unspecified atom stereocenters. The van der Waals surface area contributed by atoms with Crippen molar-refractivity contribution in [2.24, 2.45) is 4.99 Å². The van der Waals surface area contributed by atoms with Gasteiger partial charge < -0.3 is 20.1 Å². The van der Waals surface area contributed by atoms with Crippen LogP contribution in [0.5, 0.6) is 5.88 Å². The van der Waals surface area contributed by atoms with Crippen LogP contribution in [0.3, 0.4) is 0 Å². The predicted octanol–water partition coefficient (Wildman–Crippen LogP) is 8.00. The molecule has 7 rings (SSSR count). The fraction of sp³-hybridized carbons (Fsp3) is 0.310. The molecule has 4 heterocycles. The van der Waals surface area contributed by atoms with Gasteiger partial charge in [0.05, 0.1) is 40.3 Å². The largest absolute Gasteiger partial charge is 0.473 e. The third-order valence-electron chi connectivity index (χ3n) is 9.11. The number of fused-ring (bicyclic) bond motifs is 1. The third kappa shape index (κ3) is 11.1. The summed E-state index contributed by atoms with van der Waals surface area (Å²) in [6.45, 7) is 14.4. The van der Waals surface area contributed by atoms with Crippen molar-refractivity contribution in [1.82, 2.24) is 20.1 Å². The van der Waals surface area contributed by atoms with Crippen molar-refractivity contribution in [2.45, 2.75) is 52.7 Å². The molecule has 54 heavy (non-hydrogen) atoms. The van der Waals surface area contributed by atoms with E-state index in [2.05, 4.69) is 68.4 Å². The van der Waals surface area contributed by atoms with Crippen molar-refractivity contribution in [3.8, 4) is 11.9 Å². The number of ether oxygens (including phenoxy) is 2. The second-order valence-corrected chi connectivity index (χ2v) is 13.0. The predicted molar refractivity (Wildman–Crippen MR) is 213 cm³/mol. The van der Waals surface area contributed by atoms with Gasteiger partial charge in [0.15, 0.2) is 0 Å². The first-order valence-electron chi connectivity index (χ1n) is 18.1. The number of hydrogen-bond acceptors (Lipinski definition) is 9. The standard InChI is InChI=1S/C28H28FN5O.C10H11N3O.C4H8O/c1-20-6-9-26(27(16-20)31-2)32-12-15-34-13-10-22(11-14-34)25-4-3-5-28(33-25)35-19-23-8-7-21(18-30)17-24(23)29;1-2-9-8-5-7(11-6-14)3-4-10(8)13-12-9;1-4-2-3-5-4/h3-10,16-17,32H,2,11-15,19H2,1H3;3-6H,2H2,1H3,(H,11,14)(H,12,13);4H,2-3H2,1H3/t;;4-/m..1/s1. The molecule has 12 heteroatoms. The maximum absolute atomic E-state index is 14.1. The van der Waals surface area contributed by atoms with E-state index in [1.165, 1.54) is 18.1 Å². The van der Waals surface area contributed by atoms with Gasteiger partial charge in [0.2, 0.25) is 12.3 Å². The monoisotopic (exact) mass is 730 g/mol. The normalized spacial score (nSPS) is 14.9. The molecule has 0 bridgehead atoms. The Morgan fingerprint density at radius 2 is 2.02 bits per heavy atom. The quantitative estimate of drug-likeness (QED) is 0.0867. The number of amides is 1.